The third kappa shape index (κ3) is 3.58. The monoisotopic (exact) mass is 401 g/mol. The Morgan fingerprint density at radius 1 is 1.17 bits per heavy atom. The van der Waals surface area contributed by atoms with Gasteiger partial charge in [-0.1, -0.05) is 29.4 Å². The van der Waals surface area contributed by atoms with Gasteiger partial charge in [0.1, 0.15) is 5.75 Å². The van der Waals surface area contributed by atoms with Crippen LogP contribution in [-0.4, -0.2) is 28.1 Å². The summed E-state index contributed by atoms with van der Waals surface area (Å²) in [6.45, 7) is 0.469. The van der Waals surface area contributed by atoms with Gasteiger partial charge < -0.3 is 13.8 Å². The van der Waals surface area contributed by atoms with E-state index in [9.17, 15) is 18.0 Å². The fourth-order valence-corrected chi connectivity index (χ4v) is 3.07. The molecule has 0 aliphatic carbocycles. The first kappa shape index (κ1) is 18.7. The number of aldehydes is 1. The number of benzene rings is 2. The second-order valence-corrected chi connectivity index (χ2v) is 6.33. The van der Waals surface area contributed by atoms with E-state index >= 15 is 0 Å². The summed E-state index contributed by atoms with van der Waals surface area (Å²) < 4.78 is 49.2. The Hall–Kier alpha value is -3.62. The number of halogens is 3. The molecule has 4 rings (SSSR count). The minimum atomic E-state index is -4.68. The molecule has 29 heavy (non-hydrogen) atoms. The van der Waals surface area contributed by atoms with Crippen molar-refractivity contribution >= 4 is 17.2 Å². The van der Waals surface area contributed by atoms with E-state index in [0.29, 0.717) is 23.4 Å². The van der Waals surface area contributed by atoms with Gasteiger partial charge in [0, 0.05) is 34.8 Å². The molecule has 2 aromatic heterocycles. The average molecular weight is 401 g/mol. The zero-order valence-electron chi connectivity index (χ0n) is 15.1. The van der Waals surface area contributed by atoms with Crippen LogP contribution in [0.5, 0.6) is 5.75 Å². The molecule has 0 bridgehead atoms. The van der Waals surface area contributed by atoms with Crippen molar-refractivity contribution in [2.45, 2.75) is 12.7 Å². The number of nitrogens with zero attached hydrogens (tertiary/aromatic N) is 3. The minimum Gasteiger partial charge on any atom is -0.497 e. The molecule has 4 aromatic rings. The maximum atomic E-state index is 12.6. The minimum absolute atomic E-state index is 0.134. The number of alkyl halides is 3. The van der Waals surface area contributed by atoms with Crippen LogP contribution in [0.4, 0.5) is 13.2 Å². The van der Waals surface area contributed by atoms with Crippen molar-refractivity contribution in [3.05, 3.63) is 65.7 Å². The van der Waals surface area contributed by atoms with Crippen LogP contribution in [0.1, 0.15) is 21.8 Å². The number of fused-ring (bicyclic) bond motifs is 1. The SMILES string of the molecule is COc1ccc2c(c1)c(C=O)cn2Cc1ccc(-c2noc(C(F)(F)F)n2)cc1. The summed E-state index contributed by atoms with van der Waals surface area (Å²) >= 11 is 0. The van der Waals surface area contributed by atoms with Crippen molar-refractivity contribution in [2.75, 3.05) is 7.11 Å². The van der Waals surface area contributed by atoms with E-state index in [2.05, 4.69) is 14.7 Å². The highest BCUT2D eigenvalue weighted by molar-refractivity contribution is 5.98. The van der Waals surface area contributed by atoms with Crippen LogP contribution in [0.25, 0.3) is 22.3 Å². The van der Waals surface area contributed by atoms with Crippen molar-refractivity contribution in [3.63, 3.8) is 0 Å². The van der Waals surface area contributed by atoms with E-state index in [1.807, 2.05) is 16.7 Å². The van der Waals surface area contributed by atoms with E-state index in [1.165, 1.54) is 0 Å². The summed E-state index contributed by atoms with van der Waals surface area (Å²) in [7, 11) is 1.56. The molecule has 9 heteroatoms. The Kier molecular flexibility index (Phi) is 4.57. The van der Waals surface area contributed by atoms with Gasteiger partial charge in [-0.25, -0.2) is 0 Å². The molecule has 0 N–H and O–H groups in total. The number of ether oxygens (including phenoxy) is 1. The maximum absolute atomic E-state index is 12.6. The van der Waals surface area contributed by atoms with Gasteiger partial charge in [-0.2, -0.15) is 18.2 Å². The quantitative estimate of drug-likeness (QED) is 0.458. The molecular formula is C20H14F3N3O3. The lowest BCUT2D eigenvalue weighted by Gasteiger charge is -2.07. The number of carbonyl (C=O) groups excluding carboxylic acids is 1. The smallest absolute Gasteiger partial charge is 0.471 e. The Morgan fingerprint density at radius 3 is 2.55 bits per heavy atom. The molecule has 0 fully saturated rings. The van der Waals surface area contributed by atoms with Crippen LogP contribution >= 0.6 is 0 Å². The first-order valence-electron chi connectivity index (χ1n) is 8.51. The molecule has 6 nitrogen and oxygen atoms in total. The molecule has 0 spiro atoms. The highest BCUT2D eigenvalue weighted by atomic mass is 19.4. The Morgan fingerprint density at radius 2 is 1.93 bits per heavy atom. The fraction of sp³-hybridized carbons (Fsp3) is 0.150. The lowest BCUT2D eigenvalue weighted by atomic mass is 10.1. The van der Waals surface area contributed by atoms with Crippen LogP contribution in [0, 0.1) is 0 Å². The van der Waals surface area contributed by atoms with Gasteiger partial charge in [0.15, 0.2) is 6.29 Å². The molecular weight excluding hydrogens is 387 g/mol. The fourth-order valence-electron chi connectivity index (χ4n) is 3.07. The largest absolute Gasteiger partial charge is 0.497 e. The Labute approximate surface area is 162 Å². The standard InChI is InChI=1S/C20H14F3N3O3/c1-28-15-6-7-17-16(8-15)14(11-27)10-26(17)9-12-2-4-13(5-3-12)18-24-19(29-25-18)20(21,22)23/h2-8,10-11H,9H2,1H3. The maximum Gasteiger partial charge on any atom is 0.471 e. The topological polar surface area (TPSA) is 70.2 Å². The van der Waals surface area contributed by atoms with Crippen LogP contribution in [0.3, 0.4) is 0 Å². The molecule has 0 aliphatic heterocycles. The number of hydrogen-bond donors (Lipinski definition) is 0. The van der Waals surface area contributed by atoms with E-state index < -0.39 is 12.1 Å². The molecule has 0 aliphatic rings. The molecule has 0 saturated heterocycles. The van der Waals surface area contributed by atoms with Gasteiger partial charge in [-0.3, -0.25) is 4.79 Å². The van der Waals surface area contributed by atoms with Gasteiger partial charge in [0.2, 0.25) is 5.82 Å². The predicted octanol–water partition coefficient (Wildman–Crippen LogP) is 4.58. The van der Waals surface area contributed by atoms with Crippen LogP contribution in [0.2, 0.25) is 0 Å². The normalized spacial score (nSPS) is 11.7. The second kappa shape index (κ2) is 7.08. The molecule has 2 aromatic carbocycles. The lowest BCUT2D eigenvalue weighted by Crippen LogP contribution is -2.04. The average Bonchev–Trinajstić information content (AvgIpc) is 3.33. The van der Waals surface area contributed by atoms with Gasteiger partial charge in [0.25, 0.3) is 0 Å². The van der Waals surface area contributed by atoms with Crippen LogP contribution in [0.15, 0.2) is 53.2 Å². The van der Waals surface area contributed by atoms with Crippen LogP contribution < -0.4 is 4.74 Å². The third-order valence-corrected chi connectivity index (χ3v) is 4.48. The molecule has 0 amide bonds. The number of methoxy groups -OCH3 is 1. The summed E-state index contributed by atoms with van der Waals surface area (Å²) in [5.74, 6) is -0.862. The first-order valence-corrected chi connectivity index (χ1v) is 8.51. The van der Waals surface area contributed by atoms with Crippen molar-refractivity contribution in [3.8, 4) is 17.1 Å². The van der Waals surface area contributed by atoms with Gasteiger partial charge in [-0.05, 0) is 23.8 Å². The summed E-state index contributed by atoms with van der Waals surface area (Å²) in [5, 5.41) is 4.16. The highest BCUT2D eigenvalue weighted by Crippen LogP contribution is 2.30. The van der Waals surface area contributed by atoms with Crippen LogP contribution in [-0.2, 0) is 12.7 Å². The molecule has 0 unspecified atom stereocenters. The molecule has 2 heterocycles. The highest BCUT2D eigenvalue weighted by Gasteiger charge is 2.38. The van der Waals surface area contributed by atoms with E-state index in [1.54, 1.807) is 43.6 Å². The van der Waals surface area contributed by atoms with E-state index in [4.69, 9.17) is 4.74 Å². The molecule has 0 saturated carbocycles. The molecule has 148 valence electrons. The van der Waals surface area contributed by atoms with E-state index in [-0.39, 0.29) is 5.82 Å². The van der Waals surface area contributed by atoms with Crippen molar-refractivity contribution in [2.24, 2.45) is 0 Å². The Bertz CT molecular complexity index is 1180. The number of hydrogen-bond acceptors (Lipinski definition) is 5. The van der Waals surface area contributed by atoms with Gasteiger partial charge in [-0.15, -0.1) is 0 Å². The van der Waals surface area contributed by atoms with Gasteiger partial charge >= 0.3 is 12.1 Å². The Balaban J connectivity index is 1.61. The van der Waals surface area contributed by atoms with Crippen molar-refractivity contribution in [1.82, 2.24) is 14.7 Å². The van der Waals surface area contributed by atoms with Crippen molar-refractivity contribution in [1.29, 1.82) is 0 Å². The first-order chi connectivity index (χ1) is 13.9. The lowest BCUT2D eigenvalue weighted by molar-refractivity contribution is -0.159. The van der Waals surface area contributed by atoms with Crippen molar-refractivity contribution < 1.29 is 27.2 Å². The van der Waals surface area contributed by atoms with E-state index in [0.717, 1.165) is 22.8 Å². The molecule has 0 radical (unpaired) electrons. The number of carbonyl (C=O) groups is 1. The number of aromatic nitrogens is 3. The summed E-state index contributed by atoms with van der Waals surface area (Å²) in [5.41, 5.74) is 2.70. The van der Waals surface area contributed by atoms with Gasteiger partial charge in [0.05, 0.1) is 7.11 Å². The number of rotatable bonds is 5. The summed E-state index contributed by atoms with van der Waals surface area (Å²) in [6, 6.07) is 12.2. The summed E-state index contributed by atoms with van der Waals surface area (Å²) in [6.07, 6.45) is -2.14. The molecule has 0 atom stereocenters. The zero-order chi connectivity index (χ0) is 20.6. The predicted molar refractivity (Wildman–Crippen MR) is 97.7 cm³/mol. The third-order valence-electron chi connectivity index (χ3n) is 4.48. The second-order valence-electron chi connectivity index (χ2n) is 6.33. The summed E-state index contributed by atoms with van der Waals surface area (Å²) in [4.78, 5) is 14.8. The zero-order valence-corrected chi connectivity index (χ0v) is 15.1.